The fourth-order valence-electron chi connectivity index (χ4n) is 3.93. The normalized spacial score (nSPS) is 17.5. The number of urea groups is 1. The Morgan fingerprint density at radius 1 is 1.09 bits per heavy atom. The monoisotopic (exact) mass is 476 g/mol. The number of hydrogen-bond acceptors (Lipinski definition) is 5. The van der Waals surface area contributed by atoms with E-state index in [2.05, 4.69) is 5.32 Å². The van der Waals surface area contributed by atoms with E-state index in [-0.39, 0.29) is 5.69 Å². The minimum Gasteiger partial charge on any atom is -0.497 e. The van der Waals surface area contributed by atoms with Crippen LogP contribution in [0.4, 0.5) is 23.7 Å². The van der Waals surface area contributed by atoms with Crippen LogP contribution in [-0.4, -0.2) is 53.8 Å². The van der Waals surface area contributed by atoms with Gasteiger partial charge in [-0.1, -0.05) is 12.1 Å². The molecule has 2 heterocycles. The van der Waals surface area contributed by atoms with Crippen molar-refractivity contribution in [3.8, 4) is 5.75 Å². The minimum atomic E-state index is -4.55. The first kappa shape index (κ1) is 23.2. The number of benzene rings is 2. The largest absolute Gasteiger partial charge is 0.497 e. The second kappa shape index (κ2) is 9.09. The molecule has 0 aliphatic carbocycles. The molecule has 174 valence electrons. The van der Waals surface area contributed by atoms with Gasteiger partial charge in [0.1, 0.15) is 10.8 Å². The van der Waals surface area contributed by atoms with Crippen LogP contribution < -0.4 is 10.1 Å². The van der Waals surface area contributed by atoms with Crippen molar-refractivity contribution < 1.29 is 22.7 Å². The third-order valence-electron chi connectivity index (χ3n) is 5.71. The number of alkyl halides is 3. The highest BCUT2D eigenvalue weighted by Crippen LogP contribution is 2.37. The molecule has 6 nitrogen and oxygen atoms in total. The summed E-state index contributed by atoms with van der Waals surface area (Å²) < 4.78 is 44.9. The van der Waals surface area contributed by atoms with Crippen LogP contribution in [0.1, 0.15) is 24.0 Å². The lowest BCUT2D eigenvalue weighted by atomic mass is 9.98. The lowest BCUT2D eigenvalue weighted by Crippen LogP contribution is -2.46. The van der Waals surface area contributed by atoms with Crippen molar-refractivity contribution in [1.29, 1.82) is 0 Å². The Balaban J connectivity index is 1.46. The van der Waals surface area contributed by atoms with E-state index >= 15 is 0 Å². The van der Waals surface area contributed by atoms with Crippen molar-refractivity contribution >= 4 is 34.2 Å². The molecule has 0 saturated carbocycles. The van der Waals surface area contributed by atoms with E-state index in [4.69, 9.17) is 14.7 Å². The number of anilines is 1. The van der Waals surface area contributed by atoms with Gasteiger partial charge in [0, 0.05) is 31.5 Å². The number of thioether (sulfide) groups is 1. The predicted octanol–water partition coefficient (Wildman–Crippen LogP) is 5.30. The molecule has 0 aromatic heterocycles. The molecule has 2 aromatic rings. The second-order valence-electron chi connectivity index (χ2n) is 7.75. The summed E-state index contributed by atoms with van der Waals surface area (Å²) in [5.41, 5.74) is -0.0371. The van der Waals surface area contributed by atoms with Gasteiger partial charge in [-0.15, -0.1) is 11.8 Å². The van der Waals surface area contributed by atoms with Gasteiger partial charge >= 0.3 is 12.2 Å². The van der Waals surface area contributed by atoms with Crippen molar-refractivity contribution in [3.05, 3.63) is 59.7 Å². The lowest BCUT2D eigenvalue weighted by molar-refractivity contribution is -0.136. The number of nitrogens with zero attached hydrogens (tertiary/aromatic N) is 3. The highest BCUT2D eigenvalue weighted by atomic mass is 32.2. The number of ether oxygens (including phenoxy) is 1. The van der Waals surface area contributed by atoms with E-state index in [1.165, 1.54) is 34.9 Å². The number of nitrogens with one attached hydrogen (secondary N) is 1. The predicted molar refractivity (Wildman–Crippen MR) is 124 cm³/mol. The van der Waals surface area contributed by atoms with Crippen LogP contribution in [0.15, 0.2) is 58.5 Å². The zero-order chi connectivity index (χ0) is 23.6. The number of likely N-dealkylation sites (tertiary alicyclic amines) is 1. The van der Waals surface area contributed by atoms with Crippen LogP contribution >= 0.6 is 11.8 Å². The first-order valence-corrected chi connectivity index (χ1v) is 11.6. The van der Waals surface area contributed by atoms with E-state index in [0.29, 0.717) is 25.9 Å². The Morgan fingerprint density at radius 3 is 2.36 bits per heavy atom. The number of halogens is 3. The Morgan fingerprint density at radius 2 is 1.76 bits per heavy atom. The summed E-state index contributed by atoms with van der Waals surface area (Å²) in [6.07, 6.45) is -1.62. The molecule has 10 heteroatoms. The Kier molecular flexibility index (Phi) is 6.38. The van der Waals surface area contributed by atoms with Crippen molar-refractivity contribution in [1.82, 2.24) is 4.90 Å². The fraction of sp³-hybridized carbons (Fsp3) is 0.348. The zero-order valence-electron chi connectivity index (χ0n) is 18.1. The van der Waals surface area contributed by atoms with Gasteiger partial charge in [0.05, 0.1) is 24.1 Å². The summed E-state index contributed by atoms with van der Waals surface area (Å²) in [5.74, 6) is 0.751. The highest BCUT2D eigenvalue weighted by Gasteiger charge is 2.41. The first-order chi connectivity index (χ1) is 15.7. The van der Waals surface area contributed by atoms with Gasteiger partial charge in [0.15, 0.2) is 5.66 Å². The number of para-hydroxylation sites is 1. The van der Waals surface area contributed by atoms with Gasteiger partial charge in [0.2, 0.25) is 0 Å². The van der Waals surface area contributed by atoms with Crippen molar-refractivity contribution in [2.75, 3.05) is 31.8 Å². The molecule has 2 aliphatic heterocycles. The van der Waals surface area contributed by atoms with Crippen LogP contribution in [0, 0.1) is 0 Å². The Bertz CT molecular complexity index is 1090. The second-order valence-corrected chi connectivity index (χ2v) is 8.55. The molecule has 1 spiro atoms. The molecule has 0 bridgehead atoms. The summed E-state index contributed by atoms with van der Waals surface area (Å²) in [5, 5.41) is 3.24. The standard InChI is InChI=1S/C23H23F3N4O2S/c1-32-16-9-7-15(8-10-16)19-20(33-2)29-22(28-19)11-13-30(14-12-22)21(31)27-18-6-4-3-5-17(18)23(24,25)26/h3-10H,11-14H2,1-2H3,(H,27,31). The molecule has 1 saturated heterocycles. The van der Waals surface area contributed by atoms with E-state index in [1.54, 1.807) is 7.11 Å². The molecule has 4 rings (SSSR count). The van der Waals surface area contributed by atoms with E-state index in [1.807, 2.05) is 30.5 Å². The fourth-order valence-corrected chi connectivity index (χ4v) is 4.55. The van der Waals surface area contributed by atoms with Gasteiger partial charge in [-0.3, -0.25) is 4.99 Å². The van der Waals surface area contributed by atoms with Crippen molar-refractivity contribution in [2.24, 2.45) is 9.98 Å². The van der Waals surface area contributed by atoms with Crippen LogP contribution in [-0.2, 0) is 6.18 Å². The van der Waals surface area contributed by atoms with Crippen LogP contribution in [0.25, 0.3) is 0 Å². The van der Waals surface area contributed by atoms with Crippen molar-refractivity contribution in [2.45, 2.75) is 24.7 Å². The third kappa shape index (κ3) is 4.85. The van der Waals surface area contributed by atoms with Gasteiger partial charge in [-0.2, -0.15) is 13.2 Å². The molecular formula is C23H23F3N4O2S. The third-order valence-corrected chi connectivity index (χ3v) is 6.39. The lowest BCUT2D eigenvalue weighted by Gasteiger charge is -2.35. The van der Waals surface area contributed by atoms with Crippen LogP contribution in [0.2, 0.25) is 0 Å². The molecule has 2 aliphatic rings. The smallest absolute Gasteiger partial charge is 0.418 e. The summed E-state index contributed by atoms with van der Waals surface area (Å²) in [6.45, 7) is 0.676. The number of carbonyl (C=O) groups excluding carboxylic acids is 1. The first-order valence-electron chi connectivity index (χ1n) is 10.4. The van der Waals surface area contributed by atoms with E-state index < -0.39 is 23.4 Å². The molecule has 0 unspecified atom stereocenters. The summed E-state index contributed by atoms with van der Waals surface area (Å²) >= 11 is 1.51. The number of carbonyl (C=O) groups is 1. The summed E-state index contributed by atoms with van der Waals surface area (Å²) in [7, 11) is 1.61. The number of rotatable bonds is 3. The quantitative estimate of drug-likeness (QED) is 0.654. The molecule has 33 heavy (non-hydrogen) atoms. The van der Waals surface area contributed by atoms with Gasteiger partial charge < -0.3 is 15.0 Å². The average molecular weight is 477 g/mol. The number of piperidine rings is 1. The summed E-state index contributed by atoms with van der Waals surface area (Å²) in [6, 6.07) is 12.0. The maximum Gasteiger partial charge on any atom is 0.418 e. The molecule has 1 N–H and O–H groups in total. The minimum absolute atomic E-state index is 0.251. The zero-order valence-corrected chi connectivity index (χ0v) is 19.0. The summed E-state index contributed by atoms with van der Waals surface area (Å²) in [4.78, 5) is 24.0. The van der Waals surface area contributed by atoms with E-state index in [0.717, 1.165) is 28.1 Å². The van der Waals surface area contributed by atoms with Crippen LogP contribution in [0.5, 0.6) is 5.75 Å². The average Bonchev–Trinajstić information content (AvgIpc) is 3.17. The molecule has 2 aromatic carbocycles. The molecule has 2 amide bonds. The molecule has 0 atom stereocenters. The van der Waals surface area contributed by atoms with Gasteiger partial charge in [0.25, 0.3) is 0 Å². The number of aliphatic imine (C=N–C) groups is 2. The number of methoxy groups -OCH3 is 1. The number of amides is 2. The molecule has 1 fully saturated rings. The maximum atomic E-state index is 13.2. The Hall–Kier alpha value is -3.01. The maximum absolute atomic E-state index is 13.2. The SMILES string of the molecule is COc1ccc(C2=NC3(CCN(C(=O)Nc4ccccc4C(F)(F)F)CC3)N=C2SC)cc1. The molecule has 0 radical (unpaired) electrons. The highest BCUT2D eigenvalue weighted by molar-refractivity contribution is 8.15. The van der Waals surface area contributed by atoms with E-state index in [9.17, 15) is 18.0 Å². The van der Waals surface area contributed by atoms with Crippen molar-refractivity contribution in [3.63, 3.8) is 0 Å². The topological polar surface area (TPSA) is 66.3 Å². The van der Waals surface area contributed by atoms with Gasteiger partial charge in [-0.25, -0.2) is 9.79 Å². The number of hydrogen-bond donors (Lipinski definition) is 1. The van der Waals surface area contributed by atoms with Gasteiger partial charge in [-0.05, 0) is 42.7 Å². The van der Waals surface area contributed by atoms with Crippen LogP contribution in [0.3, 0.4) is 0 Å². The molecular weight excluding hydrogens is 453 g/mol. The Labute approximate surface area is 193 Å².